The van der Waals surface area contributed by atoms with Gasteiger partial charge in [-0.3, -0.25) is 0 Å². The minimum atomic E-state index is -1.01. The summed E-state index contributed by atoms with van der Waals surface area (Å²) in [5.74, 6) is -0.803. The van der Waals surface area contributed by atoms with Gasteiger partial charge in [0.2, 0.25) is 0 Å². The number of hydrogen-bond acceptors (Lipinski definition) is 3. The number of aliphatic carboxylic acids is 1. The zero-order chi connectivity index (χ0) is 15.3. The van der Waals surface area contributed by atoms with Crippen LogP contribution < -0.4 is 10.6 Å². The van der Waals surface area contributed by atoms with Crippen molar-refractivity contribution in [1.82, 2.24) is 10.6 Å². The molecule has 1 heterocycles. The highest BCUT2D eigenvalue weighted by atomic mass is 32.1. The lowest BCUT2D eigenvalue weighted by Gasteiger charge is -2.19. The molecular weight excluding hydrogens is 276 g/mol. The number of aryl methyl sites for hydroxylation is 1. The Hall–Kier alpha value is -1.56. The van der Waals surface area contributed by atoms with Crippen LogP contribution in [-0.2, 0) is 4.79 Å². The first-order valence-electron chi connectivity index (χ1n) is 6.65. The molecule has 1 rings (SSSR count). The number of carbonyl (C=O) groups is 2. The number of carboxylic acid groups (broad SMARTS) is 1. The maximum atomic E-state index is 11.8. The van der Waals surface area contributed by atoms with Gasteiger partial charge in [-0.1, -0.05) is 13.8 Å². The van der Waals surface area contributed by atoms with Crippen LogP contribution in [-0.4, -0.2) is 23.1 Å². The Morgan fingerprint density at radius 2 is 1.90 bits per heavy atom. The lowest BCUT2D eigenvalue weighted by molar-refractivity contribution is -0.139. The molecule has 1 aromatic rings. The van der Waals surface area contributed by atoms with Crippen LogP contribution in [0.1, 0.15) is 43.0 Å². The first-order chi connectivity index (χ1) is 9.29. The predicted octanol–water partition coefficient (Wildman–Crippen LogP) is 2.92. The first-order valence-corrected chi connectivity index (χ1v) is 7.47. The topological polar surface area (TPSA) is 78.4 Å². The maximum Gasteiger partial charge on any atom is 0.326 e. The Morgan fingerprint density at radius 3 is 2.35 bits per heavy atom. The van der Waals surface area contributed by atoms with Crippen LogP contribution in [0.25, 0.3) is 0 Å². The number of nitrogens with one attached hydrogen (secondary N) is 2. The van der Waals surface area contributed by atoms with Crippen molar-refractivity contribution >= 4 is 23.3 Å². The summed E-state index contributed by atoms with van der Waals surface area (Å²) in [7, 11) is 0. The fraction of sp³-hybridized carbons (Fsp3) is 0.571. The maximum absolute atomic E-state index is 11.8. The molecule has 0 aliphatic heterocycles. The number of carboxylic acids is 1. The Kier molecular flexibility index (Phi) is 6.01. The van der Waals surface area contributed by atoms with Crippen molar-refractivity contribution in [2.75, 3.05) is 0 Å². The van der Waals surface area contributed by atoms with Crippen molar-refractivity contribution in [3.05, 3.63) is 21.9 Å². The van der Waals surface area contributed by atoms with Gasteiger partial charge in [-0.2, -0.15) is 0 Å². The number of hydrogen-bond donors (Lipinski definition) is 3. The molecule has 112 valence electrons. The molecule has 20 heavy (non-hydrogen) atoms. The number of urea groups is 1. The van der Waals surface area contributed by atoms with E-state index in [9.17, 15) is 9.59 Å². The SMILES string of the molecule is Cc1ccc(C(C)NC(=O)N[C@@H](CC(C)C)C(=O)O)s1. The van der Waals surface area contributed by atoms with E-state index in [4.69, 9.17) is 5.11 Å². The largest absolute Gasteiger partial charge is 0.480 e. The van der Waals surface area contributed by atoms with E-state index in [-0.39, 0.29) is 12.0 Å². The van der Waals surface area contributed by atoms with Gasteiger partial charge in [0.25, 0.3) is 0 Å². The van der Waals surface area contributed by atoms with Crippen LogP contribution >= 0.6 is 11.3 Å². The van der Waals surface area contributed by atoms with E-state index in [1.807, 2.05) is 39.8 Å². The molecule has 0 fully saturated rings. The van der Waals surface area contributed by atoms with Crippen LogP contribution in [0.3, 0.4) is 0 Å². The molecule has 0 radical (unpaired) electrons. The lowest BCUT2D eigenvalue weighted by Crippen LogP contribution is -2.47. The van der Waals surface area contributed by atoms with E-state index in [1.54, 1.807) is 11.3 Å². The van der Waals surface area contributed by atoms with Gasteiger partial charge < -0.3 is 15.7 Å². The van der Waals surface area contributed by atoms with Crippen molar-refractivity contribution in [3.8, 4) is 0 Å². The van der Waals surface area contributed by atoms with E-state index in [1.165, 1.54) is 4.88 Å². The molecule has 3 N–H and O–H groups in total. The second-order valence-corrected chi connectivity index (χ2v) is 6.63. The van der Waals surface area contributed by atoms with Crippen molar-refractivity contribution < 1.29 is 14.7 Å². The van der Waals surface area contributed by atoms with E-state index >= 15 is 0 Å². The molecule has 2 amide bonds. The quantitative estimate of drug-likeness (QED) is 0.755. The zero-order valence-electron chi connectivity index (χ0n) is 12.3. The summed E-state index contributed by atoms with van der Waals surface area (Å²) in [5.41, 5.74) is 0. The molecular formula is C14H22N2O3S. The van der Waals surface area contributed by atoms with Gasteiger partial charge in [0.1, 0.15) is 6.04 Å². The molecule has 2 atom stereocenters. The van der Waals surface area contributed by atoms with E-state index in [0.29, 0.717) is 6.42 Å². The summed E-state index contributed by atoms with van der Waals surface area (Å²) in [6.07, 6.45) is 0.412. The third-order valence-electron chi connectivity index (χ3n) is 2.85. The Bertz CT molecular complexity index is 471. The average Bonchev–Trinajstić information content (AvgIpc) is 2.74. The fourth-order valence-electron chi connectivity index (χ4n) is 1.85. The molecule has 0 saturated carbocycles. The number of amides is 2. The summed E-state index contributed by atoms with van der Waals surface area (Å²) >= 11 is 1.61. The normalized spacial score (nSPS) is 13.8. The molecule has 0 spiro atoms. The van der Waals surface area contributed by atoms with Gasteiger partial charge in [-0.25, -0.2) is 9.59 Å². The molecule has 0 saturated heterocycles. The zero-order valence-corrected chi connectivity index (χ0v) is 13.1. The smallest absolute Gasteiger partial charge is 0.326 e. The fourth-order valence-corrected chi connectivity index (χ4v) is 2.73. The Labute approximate surface area is 123 Å². The first kappa shape index (κ1) is 16.5. The standard InChI is InChI=1S/C14H22N2O3S/c1-8(2)7-11(13(17)18)16-14(19)15-10(4)12-6-5-9(3)20-12/h5-6,8,10-11H,7H2,1-4H3,(H,17,18)(H2,15,16,19)/t10?,11-/m0/s1. The average molecular weight is 298 g/mol. The van der Waals surface area contributed by atoms with Gasteiger partial charge in [0.15, 0.2) is 0 Å². The molecule has 5 nitrogen and oxygen atoms in total. The summed E-state index contributed by atoms with van der Waals surface area (Å²) < 4.78 is 0. The monoisotopic (exact) mass is 298 g/mol. The van der Waals surface area contributed by atoms with E-state index in [0.717, 1.165) is 4.88 Å². The summed E-state index contributed by atoms with van der Waals surface area (Å²) in [6.45, 7) is 7.73. The predicted molar refractivity (Wildman–Crippen MR) is 80.0 cm³/mol. The third-order valence-corrected chi connectivity index (χ3v) is 4.03. The molecule has 1 unspecified atom stereocenters. The van der Waals surface area contributed by atoms with Gasteiger partial charge in [-0.05, 0) is 38.3 Å². The molecule has 6 heteroatoms. The van der Waals surface area contributed by atoms with Crippen molar-refractivity contribution in [3.63, 3.8) is 0 Å². The van der Waals surface area contributed by atoms with Gasteiger partial charge in [0, 0.05) is 9.75 Å². The van der Waals surface area contributed by atoms with E-state index in [2.05, 4.69) is 10.6 Å². The van der Waals surface area contributed by atoms with Crippen LogP contribution in [0.2, 0.25) is 0 Å². The molecule has 0 bridgehead atoms. The molecule has 0 aromatic carbocycles. The summed E-state index contributed by atoms with van der Waals surface area (Å²) in [5, 5.41) is 14.4. The summed E-state index contributed by atoms with van der Waals surface area (Å²) in [4.78, 5) is 25.2. The highest BCUT2D eigenvalue weighted by molar-refractivity contribution is 7.12. The third kappa shape index (κ3) is 5.21. The minimum absolute atomic E-state index is 0.137. The van der Waals surface area contributed by atoms with Gasteiger partial charge in [0.05, 0.1) is 6.04 Å². The van der Waals surface area contributed by atoms with Gasteiger partial charge in [-0.15, -0.1) is 11.3 Å². The number of rotatable bonds is 6. The Morgan fingerprint density at radius 1 is 1.25 bits per heavy atom. The van der Waals surface area contributed by atoms with Crippen LogP contribution in [0.4, 0.5) is 4.79 Å². The number of thiophene rings is 1. The van der Waals surface area contributed by atoms with E-state index < -0.39 is 18.0 Å². The van der Waals surface area contributed by atoms with Crippen molar-refractivity contribution in [2.45, 2.75) is 46.2 Å². The van der Waals surface area contributed by atoms with Crippen molar-refractivity contribution in [2.24, 2.45) is 5.92 Å². The highest BCUT2D eigenvalue weighted by Gasteiger charge is 2.22. The van der Waals surface area contributed by atoms with Crippen molar-refractivity contribution in [1.29, 1.82) is 0 Å². The lowest BCUT2D eigenvalue weighted by atomic mass is 10.0. The van der Waals surface area contributed by atoms with Crippen LogP contribution in [0.5, 0.6) is 0 Å². The molecule has 0 aliphatic rings. The molecule has 0 aliphatic carbocycles. The number of carbonyl (C=O) groups excluding carboxylic acids is 1. The van der Waals surface area contributed by atoms with Crippen LogP contribution in [0, 0.1) is 12.8 Å². The Balaban J connectivity index is 2.55. The highest BCUT2D eigenvalue weighted by Crippen LogP contribution is 2.22. The second-order valence-electron chi connectivity index (χ2n) is 5.31. The van der Waals surface area contributed by atoms with Crippen LogP contribution in [0.15, 0.2) is 12.1 Å². The molecule has 1 aromatic heterocycles. The minimum Gasteiger partial charge on any atom is -0.480 e. The second kappa shape index (κ2) is 7.28. The van der Waals surface area contributed by atoms with Gasteiger partial charge >= 0.3 is 12.0 Å². The summed E-state index contributed by atoms with van der Waals surface area (Å²) in [6, 6.07) is 2.52.